The van der Waals surface area contributed by atoms with Crippen molar-refractivity contribution in [2.45, 2.75) is 39.0 Å². The fourth-order valence-corrected chi connectivity index (χ4v) is 3.50. The summed E-state index contributed by atoms with van der Waals surface area (Å²) in [5.41, 5.74) is 2.57. The van der Waals surface area contributed by atoms with Crippen molar-refractivity contribution in [1.29, 1.82) is 0 Å². The van der Waals surface area contributed by atoms with E-state index in [1.165, 1.54) is 17.7 Å². The van der Waals surface area contributed by atoms with Gasteiger partial charge >= 0.3 is 0 Å². The van der Waals surface area contributed by atoms with Gasteiger partial charge in [0.15, 0.2) is 5.78 Å². The third kappa shape index (κ3) is 3.92. The van der Waals surface area contributed by atoms with Gasteiger partial charge in [-0.1, -0.05) is 26.0 Å². The number of nitrogens with zero attached hydrogens (tertiary/aromatic N) is 1. The second kappa shape index (κ2) is 8.52. The maximum atomic E-state index is 13.2. The van der Waals surface area contributed by atoms with E-state index in [4.69, 9.17) is 4.74 Å². The zero-order chi connectivity index (χ0) is 20.3. The first-order valence-electron chi connectivity index (χ1n) is 9.63. The Morgan fingerprint density at radius 1 is 1.18 bits per heavy atom. The minimum atomic E-state index is -0.490. The van der Waals surface area contributed by atoms with E-state index >= 15 is 0 Å². The predicted molar refractivity (Wildman–Crippen MR) is 108 cm³/mol. The number of nitrogens with one attached hydrogen (secondary N) is 1. The standard InChI is InChI=1S/C22H26N2O4/c1-14(2)15-7-9-16(10-8-15)24-19-5-4-6-20(25)17(19)13-18(22(24)27)21(26)23-11-12-28-3/h7-10,13-14H,4-6,11-12H2,1-3H3,(H,23,26). The molecule has 1 N–H and O–H groups in total. The fourth-order valence-electron chi connectivity index (χ4n) is 3.50. The molecule has 1 aliphatic carbocycles. The lowest BCUT2D eigenvalue weighted by atomic mass is 9.92. The summed E-state index contributed by atoms with van der Waals surface area (Å²) in [4.78, 5) is 38.3. The van der Waals surface area contributed by atoms with Crippen LogP contribution in [0.15, 0.2) is 35.1 Å². The van der Waals surface area contributed by atoms with E-state index in [1.807, 2.05) is 24.3 Å². The zero-order valence-electron chi connectivity index (χ0n) is 16.6. The lowest BCUT2D eigenvalue weighted by Gasteiger charge is -2.22. The molecule has 0 bridgehead atoms. The number of Topliss-reactive ketones (excluding diaryl/α,β-unsaturated/α-hetero) is 1. The van der Waals surface area contributed by atoms with Crippen LogP contribution in [0.1, 0.15) is 64.6 Å². The molecule has 0 spiro atoms. The van der Waals surface area contributed by atoms with Crippen LogP contribution in [0.25, 0.3) is 5.69 Å². The number of methoxy groups -OCH3 is 1. The van der Waals surface area contributed by atoms with Gasteiger partial charge in [-0.25, -0.2) is 0 Å². The number of pyridine rings is 1. The van der Waals surface area contributed by atoms with Crippen molar-refractivity contribution in [2.24, 2.45) is 0 Å². The normalized spacial score (nSPS) is 13.5. The summed E-state index contributed by atoms with van der Waals surface area (Å²) in [5.74, 6) is -0.144. The van der Waals surface area contributed by atoms with Gasteiger partial charge in [0.05, 0.1) is 6.61 Å². The number of rotatable bonds is 6. The van der Waals surface area contributed by atoms with Crippen LogP contribution in [0.5, 0.6) is 0 Å². The molecule has 2 aromatic rings. The summed E-state index contributed by atoms with van der Waals surface area (Å²) in [6.45, 7) is 4.85. The highest BCUT2D eigenvalue weighted by atomic mass is 16.5. The SMILES string of the molecule is COCCNC(=O)c1cc2c(n(-c3ccc(C(C)C)cc3)c1=O)CCCC2=O. The van der Waals surface area contributed by atoms with Gasteiger partial charge in [-0.3, -0.25) is 19.0 Å². The third-order valence-electron chi connectivity index (χ3n) is 5.08. The van der Waals surface area contributed by atoms with E-state index in [9.17, 15) is 14.4 Å². The van der Waals surface area contributed by atoms with Crippen LogP contribution in [-0.4, -0.2) is 36.5 Å². The maximum absolute atomic E-state index is 13.2. The Balaban J connectivity index is 2.13. The number of benzene rings is 1. The molecule has 1 aliphatic rings. The van der Waals surface area contributed by atoms with Gasteiger partial charge in [-0.2, -0.15) is 0 Å². The molecule has 0 unspecified atom stereocenters. The van der Waals surface area contributed by atoms with Crippen LogP contribution in [0.3, 0.4) is 0 Å². The predicted octanol–water partition coefficient (Wildman–Crippen LogP) is 2.86. The van der Waals surface area contributed by atoms with Crippen LogP contribution < -0.4 is 10.9 Å². The smallest absolute Gasteiger partial charge is 0.268 e. The van der Waals surface area contributed by atoms with Gasteiger partial charge in [0, 0.05) is 37.0 Å². The summed E-state index contributed by atoms with van der Waals surface area (Å²) in [6, 6.07) is 9.18. The van der Waals surface area contributed by atoms with Crippen molar-refractivity contribution in [3.8, 4) is 5.69 Å². The van der Waals surface area contributed by atoms with Gasteiger partial charge in [0.2, 0.25) is 0 Å². The number of aromatic nitrogens is 1. The molecule has 28 heavy (non-hydrogen) atoms. The van der Waals surface area contributed by atoms with E-state index in [0.29, 0.717) is 55.3 Å². The molecule has 0 saturated heterocycles. The summed E-state index contributed by atoms with van der Waals surface area (Å²) < 4.78 is 6.47. The van der Waals surface area contributed by atoms with Gasteiger partial charge in [0.1, 0.15) is 5.56 Å². The van der Waals surface area contributed by atoms with Crippen molar-refractivity contribution in [1.82, 2.24) is 9.88 Å². The first-order valence-corrected chi connectivity index (χ1v) is 9.63. The molecule has 0 aliphatic heterocycles. The molecule has 6 heteroatoms. The van der Waals surface area contributed by atoms with Gasteiger partial charge in [0.25, 0.3) is 11.5 Å². The molecule has 0 fully saturated rings. The largest absolute Gasteiger partial charge is 0.383 e. The lowest BCUT2D eigenvalue weighted by molar-refractivity contribution is 0.0935. The van der Waals surface area contributed by atoms with Crippen LogP contribution in [0.4, 0.5) is 0 Å². The number of hydrogen-bond acceptors (Lipinski definition) is 4. The highest BCUT2D eigenvalue weighted by Gasteiger charge is 2.26. The Labute approximate surface area is 164 Å². The van der Waals surface area contributed by atoms with E-state index < -0.39 is 11.5 Å². The molecule has 6 nitrogen and oxygen atoms in total. The molecule has 1 aromatic heterocycles. The molecule has 1 amide bonds. The number of carbonyl (C=O) groups excluding carboxylic acids is 2. The Morgan fingerprint density at radius 2 is 1.89 bits per heavy atom. The average molecular weight is 382 g/mol. The van der Waals surface area contributed by atoms with Crippen molar-refractivity contribution in [3.05, 3.63) is 63.1 Å². The Kier molecular flexibility index (Phi) is 6.09. The molecular weight excluding hydrogens is 356 g/mol. The van der Waals surface area contributed by atoms with Crippen LogP contribution in [-0.2, 0) is 11.2 Å². The molecule has 0 radical (unpaired) electrons. The summed E-state index contributed by atoms with van der Waals surface area (Å²) >= 11 is 0. The highest BCUT2D eigenvalue weighted by Crippen LogP contribution is 2.24. The average Bonchev–Trinajstić information content (AvgIpc) is 2.68. The topological polar surface area (TPSA) is 77.4 Å². The summed E-state index contributed by atoms with van der Waals surface area (Å²) in [6.07, 6.45) is 1.77. The molecule has 1 aromatic carbocycles. The number of fused-ring (bicyclic) bond motifs is 1. The fraction of sp³-hybridized carbons (Fsp3) is 0.409. The number of hydrogen-bond donors (Lipinski definition) is 1. The van der Waals surface area contributed by atoms with E-state index in [0.717, 1.165) is 5.56 Å². The Bertz CT molecular complexity index is 942. The molecule has 0 atom stereocenters. The minimum absolute atomic E-state index is 0.0157. The van der Waals surface area contributed by atoms with Crippen LogP contribution in [0.2, 0.25) is 0 Å². The Hall–Kier alpha value is -2.73. The van der Waals surface area contributed by atoms with Gasteiger partial charge in [-0.15, -0.1) is 0 Å². The van der Waals surface area contributed by atoms with Crippen LogP contribution >= 0.6 is 0 Å². The minimum Gasteiger partial charge on any atom is -0.383 e. The number of amides is 1. The molecular formula is C22H26N2O4. The second-order valence-electron chi connectivity index (χ2n) is 7.33. The van der Waals surface area contributed by atoms with Gasteiger partial charge < -0.3 is 10.1 Å². The summed E-state index contributed by atoms with van der Waals surface area (Å²) in [7, 11) is 1.54. The number of ketones is 1. The van der Waals surface area contributed by atoms with Crippen molar-refractivity contribution in [3.63, 3.8) is 0 Å². The maximum Gasteiger partial charge on any atom is 0.268 e. The first kappa shape index (κ1) is 20.0. The van der Waals surface area contributed by atoms with Gasteiger partial charge in [-0.05, 0) is 42.5 Å². The Morgan fingerprint density at radius 3 is 2.54 bits per heavy atom. The van der Waals surface area contributed by atoms with Crippen LogP contribution in [0, 0.1) is 0 Å². The molecule has 148 valence electrons. The van der Waals surface area contributed by atoms with E-state index in [2.05, 4.69) is 19.2 Å². The number of carbonyl (C=O) groups is 2. The highest BCUT2D eigenvalue weighted by molar-refractivity contribution is 6.01. The van der Waals surface area contributed by atoms with E-state index in [-0.39, 0.29) is 11.3 Å². The van der Waals surface area contributed by atoms with Crippen molar-refractivity contribution >= 4 is 11.7 Å². The first-order chi connectivity index (χ1) is 13.4. The molecule has 1 heterocycles. The quantitative estimate of drug-likeness (QED) is 0.780. The van der Waals surface area contributed by atoms with Crippen molar-refractivity contribution in [2.75, 3.05) is 20.3 Å². The number of ether oxygens (including phenoxy) is 1. The monoisotopic (exact) mass is 382 g/mol. The zero-order valence-corrected chi connectivity index (χ0v) is 16.6. The lowest BCUT2D eigenvalue weighted by Crippen LogP contribution is -2.37. The van der Waals surface area contributed by atoms with Crippen molar-refractivity contribution < 1.29 is 14.3 Å². The van der Waals surface area contributed by atoms with E-state index in [1.54, 1.807) is 0 Å². The molecule has 3 rings (SSSR count). The summed E-state index contributed by atoms with van der Waals surface area (Å²) in [5, 5.41) is 2.68. The third-order valence-corrected chi connectivity index (χ3v) is 5.08. The molecule has 0 saturated carbocycles. The second-order valence-corrected chi connectivity index (χ2v) is 7.33.